The molecule has 0 fully saturated rings. The Balaban J connectivity index is 2.25. The van der Waals surface area contributed by atoms with Gasteiger partial charge in [-0.05, 0) is 49.2 Å². The molecule has 2 aromatic carbocycles. The van der Waals surface area contributed by atoms with Crippen LogP contribution in [0.15, 0.2) is 54.6 Å². The molecule has 0 aliphatic carbocycles. The minimum Gasteiger partial charge on any atom is -0.531 e. The van der Waals surface area contributed by atoms with E-state index in [9.17, 15) is 4.79 Å². The maximum atomic E-state index is 13.6. The largest absolute Gasteiger partial charge is 0.531 e. The van der Waals surface area contributed by atoms with Crippen molar-refractivity contribution in [2.75, 3.05) is 0 Å². The number of terminal acetylenes is 1. The quantitative estimate of drug-likeness (QED) is 0.255. The first-order valence-electron chi connectivity index (χ1n) is 10.5. The van der Waals surface area contributed by atoms with Crippen LogP contribution in [0.5, 0.6) is 5.88 Å². The SMILES string of the molecule is C#CCCCc1c(O[Si](C)(C)C(C)(C)C)n(C(=O)c2ccccc2)c2ccccc12. The van der Waals surface area contributed by atoms with E-state index in [1.54, 1.807) is 4.57 Å². The van der Waals surface area contributed by atoms with Gasteiger partial charge >= 0.3 is 0 Å². The molecule has 156 valence electrons. The topological polar surface area (TPSA) is 31.2 Å². The summed E-state index contributed by atoms with van der Waals surface area (Å²) in [5, 5.41) is 1.08. The number of para-hydroxylation sites is 1. The van der Waals surface area contributed by atoms with Crippen molar-refractivity contribution < 1.29 is 9.22 Å². The molecule has 3 aromatic rings. The molecular weight excluding hydrogens is 386 g/mol. The Morgan fingerprint density at radius 3 is 2.33 bits per heavy atom. The van der Waals surface area contributed by atoms with Gasteiger partial charge in [0.05, 0.1) is 5.52 Å². The highest BCUT2D eigenvalue weighted by Gasteiger charge is 2.41. The molecule has 0 bridgehead atoms. The van der Waals surface area contributed by atoms with Crippen molar-refractivity contribution in [3.8, 4) is 18.2 Å². The summed E-state index contributed by atoms with van der Waals surface area (Å²) in [6.45, 7) is 11.1. The number of aromatic nitrogens is 1. The molecule has 0 aliphatic heterocycles. The lowest BCUT2D eigenvalue weighted by Gasteiger charge is -2.37. The zero-order valence-electron chi connectivity index (χ0n) is 18.7. The van der Waals surface area contributed by atoms with E-state index < -0.39 is 8.32 Å². The first kappa shape index (κ1) is 21.9. The fourth-order valence-electron chi connectivity index (χ4n) is 3.31. The first-order valence-corrected chi connectivity index (χ1v) is 13.4. The molecule has 0 unspecified atom stereocenters. The summed E-state index contributed by atoms with van der Waals surface area (Å²) >= 11 is 0. The zero-order chi connectivity index (χ0) is 21.9. The predicted octanol–water partition coefficient (Wildman–Crippen LogP) is 6.67. The molecule has 30 heavy (non-hydrogen) atoms. The highest BCUT2D eigenvalue weighted by Crippen LogP contribution is 2.41. The molecule has 3 nitrogen and oxygen atoms in total. The lowest BCUT2D eigenvalue weighted by molar-refractivity contribution is 0.0959. The normalized spacial score (nSPS) is 12.0. The first-order chi connectivity index (χ1) is 14.2. The van der Waals surface area contributed by atoms with Crippen LogP contribution in [0.3, 0.4) is 0 Å². The molecule has 0 atom stereocenters. The van der Waals surface area contributed by atoms with Crippen LogP contribution in [0.1, 0.15) is 49.5 Å². The zero-order valence-corrected chi connectivity index (χ0v) is 19.7. The molecular formula is C26H31NO2Si. The van der Waals surface area contributed by atoms with Crippen LogP contribution in [0.4, 0.5) is 0 Å². The average Bonchev–Trinajstić information content (AvgIpc) is 3.00. The minimum atomic E-state index is -2.18. The highest BCUT2D eigenvalue weighted by molar-refractivity contribution is 6.74. The fourth-order valence-corrected chi connectivity index (χ4v) is 4.31. The molecule has 0 aliphatic rings. The van der Waals surface area contributed by atoms with Crippen molar-refractivity contribution in [1.82, 2.24) is 4.57 Å². The van der Waals surface area contributed by atoms with E-state index in [-0.39, 0.29) is 10.9 Å². The summed E-state index contributed by atoms with van der Waals surface area (Å²) in [6.07, 6.45) is 7.84. The van der Waals surface area contributed by atoms with Crippen LogP contribution >= 0.6 is 0 Å². The van der Waals surface area contributed by atoms with Gasteiger partial charge in [0.15, 0.2) is 5.88 Å². The van der Waals surface area contributed by atoms with Crippen molar-refractivity contribution in [2.24, 2.45) is 0 Å². The number of aryl methyl sites for hydroxylation is 1. The molecule has 0 saturated carbocycles. The van der Waals surface area contributed by atoms with E-state index in [1.165, 1.54) is 0 Å². The lowest BCUT2D eigenvalue weighted by Crippen LogP contribution is -2.44. The second-order valence-corrected chi connectivity index (χ2v) is 14.0. The number of rotatable bonds is 6. The summed E-state index contributed by atoms with van der Waals surface area (Å²) < 4.78 is 8.59. The Morgan fingerprint density at radius 2 is 1.70 bits per heavy atom. The molecule has 0 radical (unpaired) electrons. The van der Waals surface area contributed by atoms with Gasteiger partial charge in [-0.25, -0.2) is 4.57 Å². The summed E-state index contributed by atoms with van der Waals surface area (Å²) in [6, 6.07) is 17.5. The smallest absolute Gasteiger partial charge is 0.265 e. The number of hydrogen-bond donors (Lipinski definition) is 0. The summed E-state index contributed by atoms with van der Waals surface area (Å²) in [5.74, 6) is 3.35. The van der Waals surface area contributed by atoms with Gasteiger partial charge in [0.2, 0.25) is 0 Å². The summed E-state index contributed by atoms with van der Waals surface area (Å²) in [5.41, 5.74) is 2.61. The number of unbranched alkanes of at least 4 members (excludes halogenated alkanes) is 1. The maximum absolute atomic E-state index is 13.6. The monoisotopic (exact) mass is 417 g/mol. The summed E-state index contributed by atoms with van der Waals surface area (Å²) in [7, 11) is -2.18. The lowest BCUT2D eigenvalue weighted by atomic mass is 10.1. The third-order valence-electron chi connectivity index (χ3n) is 6.06. The Labute approximate surface area is 181 Å². The van der Waals surface area contributed by atoms with Gasteiger partial charge in [-0.1, -0.05) is 57.2 Å². The molecule has 3 rings (SSSR count). The van der Waals surface area contributed by atoms with Gasteiger partial charge in [0, 0.05) is 22.9 Å². The van der Waals surface area contributed by atoms with Crippen molar-refractivity contribution in [3.63, 3.8) is 0 Å². The number of fused-ring (bicyclic) bond motifs is 1. The fraction of sp³-hybridized carbons (Fsp3) is 0.346. The van der Waals surface area contributed by atoms with Crippen LogP contribution in [0.25, 0.3) is 10.9 Å². The summed E-state index contributed by atoms with van der Waals surface area (Å²) in [4.78, 5) is 13.6. The molecule has 0 saturated heterocycles. The van der Waals surface area contributed by atoms with Crippen LogP contribution < -0.4 is 4.43 Å². The molecule has 0 spiro atoms. The van der Waals surface area contributed by atoms with Crippen molar-refractivity contribution in [2.45, 2.75) is 58.2 Å². The van der Waals surface area contributed by atoms with Crippen LogP contribution in [0, 0.1) is 12.3 Å². The molecule has 0 N–H and O–H groups in total. The van der Waals surface area contributed by atoms with E-state index in [2.05, 4.69) is 45.9 Å². The molecule has 1 aromatic heterocycles. The number of nitrogens with zero attached hydrogens (tertiary/aromatic N) is 1. The molecule has 1 heterocycles. The van der Waals surface area contributed by atoms with Crippen LogP contribution in [-0.4, -0.2) is 18.8 Å². The Bertz CT molecular complexity index is 1080. The third-order valence-corrected chi connectivity index (χ3v) is 10.4. The Kier molecular flexibility index (Phi) is 6.24. The van der Waals surface area contributed by atoms with Crippen LogP contribution in [0.2, 0.25) is 18.1 Å². The van der Waals surface area contributed by atoms with E-state index in [4.69, 9.17) is 10.8 Å². The van der Waals surface area contributed by atoms with Crippen molar-refractivity contribution in [1.29, 1.82) is 0 Å². The van der Waals surface area contributed by atoms with Crippen molar-refractivity contribution >= 4 is 25.1 Å². The van der Waals surface area contributed by atoms with Gasteiger partial charge in [0.1, 0.15) is 0 Å². The minimum absolute atomic E-state index is 0.0141. The van der Waals surface area contributed by atoms with Gasteiger partial charge in [-0.3, -0.25) is 4.79 Å². The number of carbonyl (C=O) groups is 1. The second-order valence-electron chi connectivity index (χ2n) is 9.23. The van der Waals surface area contributed by atoms with Crippen molar-refractivity contribution in [3.05, 3.63) is 65.7 Å². The number of hydrogen-bond acceptors (Lipinski definition) is 2. The molecule has 4 heteroatoms. The maximum Gasteiger partial charge on any atom is 0.265 e. The number of carbonyl (C=O) groups excluding carboxylic acids is 1. The molecule has 0 amide bonds. The van der Waals surface area contributed by atoms with E-state index >= 15 is 0 Å². The van der Waals surface area contributed by atoms with Gasteiger partial charge in [-0.2, -0.15) is 0 Å². The Morgan fingerprint density at radius 1 is 1.07 bits per heavy atom. The van der Waals surface area contributed by atoms with Gasteiger partial charge in [0.25, 0.3) is 14.2 Å². The van der Waals surface area contributed by atoms with E-state index in [1.807, 2.05) is 48.5 Å². The number of benzene rings is 2. The standard InChI is InChI=1S/C26H31NO2Si/c1-7-8-10-18-22-21-17-13-14-19-23(21)27(24(28)20-15-11-9-12-16-20)25(22)29-30(5,6)26(2,3)4/h1,9,11-17,19H,8,10,18H2,2-6H3. The highest BCUT2D eigenvalue weighted by atomic mass is 28.4. The van der Waals surface area contributed by atoms with E-state index in [0.29, 0.717) is 17.9 Å². The Hall–Kier alpha value is -2.77. The third kappa shape index (κ3) is 4.22. The van der Waals surface area contributed by atoms with Gasteiger partial charge < -0.3 is 4.43 Å². The van der Waals surface area contributed by atoms with Gasteiger partial charge in [-0.15, -0.1) is 12.3 Å². The second kappa shape index (κ2) is 8.53. The predicted molar refractivity (Wildman–Crippen MR) is 128 cm³/mol. The average molecular weight is 418 g/mol. The van der Waals surface area contributed by atoms with Crippen LogP contribution in [-0.2, 0) is 6.42 Å². The van der Waals surface area contributed by atoms with E-state index in [0.717, 1.165) is 29.3 Å².